The van der Waals surface area contributed by atoms with Crippen LogP contribution in [0.2, 0.25) is 0 Å². The largest absolute Gasteiger partial charge is 0.478 e. The summed E-state index contributed by atoms with van der Waals surface area (Å²) in [5.41, 5.74) is 0.273. The molecule has 0 aliphatic carbocycles. The first-order chi connectivity index (χ1) is 7.27. The topological polar surface area (TPSA) is 59.4 Å². The first-order valence-electron chi connectivity index (χ1n) is 4.70. The minimum atomic E-state index is -0.926. The number of nitrogens with zero attached hydrogens (tertiary/aromatic N) is 1. The van der Waals surface area contributed by atoms with Gasteiger partial charge in [0.15, 0.2) is 0 Å². The van der Waals surface area contributed by atoms with Crippen LogP contribution in [0.1, 0.15) is 16.8 Å². The molecule has 1 atom stereocenters. The zero-order valence-electron chi connectivity index (χ0n) is 8.05. The fourth-order valence-corrected chi connectivity index (χ4v) is 2.51. The maximum Gasteiger partial charge on any atom is 0.338 e. The zero-order chi connectivity index (χ0) is 10.7. The molecule has 4 nitrogen and oxygen atoms in total. The number of rotatable bonds is 3. The van der Waals surface area contributed by atoms with Crippen molar-refractivity contribution in [2.75, 3.05) is 13.2 Å². The van der Waals surface area contributed by atoms with Crippen LogP contribution in [0, 0.1) is 0 Å². The number of ether oxygens (including phenoxy) is 1. The monoisotopic (exact) mass is 225 g/mol. The second kappa shape index (κ2) is 4.63. The second-order valence-electron chi connectivity index (χ2n) is 3.26. The van der Waals surface area contributed by atoms with Crippen molar-refractivity contribution in [1.82, 2.24) is 4.98 Å². The number of aromatic carboxylic acids is 1. The molecule has 80 valence electrons. The molecular formula is C10H11NO3S. The van der Waals surface area contributed by atoms with Gasteiger partial charge in [-0.05, 0) is 18.6 Å². The van der Waals surface area contributed by atoms with E-state index in [0.717, 1.165) is 13.0 Å². The zero-order valence-corrected chi connectivity index (χ0v) is 8.87. The van der Waals surface area contributed by atoms with Gasteiger partial charge in [0.05, 0.1) is 12.2 Å². The fraction of sp³-hybridized carbons (Fsp3) is 0.400. The molecule has 5 heteroatoms. The molecule has 0 radical (unpaired) electrons. The van der Waals surface area contributed by atoms with Crippen LogP contribution in [0.15, 0.2) is 23.4 Å². The van der Waals surface area contributed by atoms with Crippen LogP contribution in [0.4, 0.5) is 0 Å². The highest BCUT2D eigenvalue weighted by molar-refractivity contribution is 8.00. The molecule has 1 aliphatic heterocycles. The molecule has 2 rings (SSSR count). The Labute approximate surface area is 91.7 Å². The van der Waals surface area contributed by atoms with Crippen molar-refractivity contribution >= 4 is 17.7 Å². The van der Waals surface area contributed by atoms with Crippen molar-refractivity contribution in [3.63, 3.8) is 0 Å². The van der Waals surface area contributed by atoms with E-state index in [4.69, 9.17) is 9.84 Å². The maximum absolute atomic E-state index is 10.9. The number of carboxylic acids is 1. The lowest BCUT2D eigenvalue weighted by Gasteiger charge is -2.08. The van der Waals surface area contributed by atoms with Crippen LogP contribution in [-0.2, 0) is 4.74 Å². The highest BCUT2D eigenvalue weighted by Gasteiger charge is 2.20. The Kier molecular flexibility index (Phi) is 3.23. The molecule has 15 heavy (non-hydrogen) atoms. The van der Waals surface area contributed by atoms with Gasteiger partial charge in [0.1, 0.15) is 5.03 Å². The molecule has 1 unspecified atom stereocenters. The van der Waals surface area contributed by atoms with Gasteiger partial charge in [-0.25, -0.2) is 9.78 Å². The van der Waals surface area contributed by atoms with E-state index in [-0.39, 0.29) is 5.56 Å². The van der Waals surface area contributed by atoms with Crippen LogP contribution >= 0.6 is 11.8 Å². The van der Waals surface area contributed by atoms with Crippen LogP contribution in [-0.4, -0.2) is 34.5 Å². The van der Waals surface area contributed by atoms with Crippen molar-refractivity contribution in [3.05, 3.63) is 23.9 Å². The number of aromatic nitrogens is 1. The Morgan fingerprint density at radius 1 is 1.67 bits per heavy atom. The lowest BCUT2D eigenvalue weighted by Crippen LogP contribution is -2.05. The van der Waals surface area contributed by atoms with E-state index < -0.39 is 5.97 Å². The van der Waals surface area contributed by atoms with Gasteiger partial charge >= 0.3 is 5.97 Å². The lowest BCUT2D eigenvalue weighted by molar-refractivity contribution is 0.0692. The van der Waals surface area contributed by atoms with E-state index in [0.29, 0.717) is 16.9 Å². The second-order valence-corrected chi connectivity index (χ2v) is 4.55. The maximum atomic E-state index is 10.9. The molecule has 0 aromatic carbocycles. The smallest absolute Gasteiger partial charge is 0.338 e. The minimum absolute atomic E-state index is 0.273. The number of thioether (sulfide) groups is 1. The summed E-state index contributed by atoms with van der Waals surface area (Å²) in [4.78, 5) is 15.0. The third kappa shape index (κ3) is 2.49. The summed E-state index contributed by atoms with van der Waals surface area (Å²) in [6.07, 6.45) is 2.57. The van der Waals surface area contributed by atoms with Crippen molar-refractivity contribution in [3.8, 4) is 0 Å². The summed E-state index contributed by atoms with van der Waals surface area (Å²) in [5.74, 6) is -0.926. The molecule has 1 saturated heterocycles. The standard InChI is InChI=1S/C10H11NO3S/c12-10(13)8-2-1-4-11-9(8)15-7-3-5-14-6-7/h1-2,4,7H,3,5-6H2,(H,12,13). The molecule has 2 heterocycles. The Morgan fingerprint density at radius 2 is 2.53 bits per heavy atom. The highest BCUT2D eigenvalue weighted by Crippen LogP contribution is 2.29. The lowest BCUT2D eigenvalue weighted by atomic mass is 10.3. The minimum Gasteiger partial charge on any atom is -0.478 e. The van der Waals surface area contributed by atoms with Crippen LogP contribution in [0.5, 0.6) is 0 Å². The summed E-state index contributed by atoms with van der Waals surface area (Å²) in [7, 11) is 0. The first kappa shape index (κ1) is 10.4. The highest BCUT2D eigenvalue weighted by atomic mass is 32.2. The van der Waals surface area contributed by atoms with Gasteiger partial charge in [0, 0.05) is 18.1 Å². The van der Waals surface area contributed by atoms with Gasteiger partial charge in [0.2, 0.25) is 0 Å². The SMILES string of the molecule is O=C(O)c1cccnc1SC1CCOC1. The summed E-state index contributed by atoms with van der Waals surface area (Å²) < 4.78 is 5.23. The average molecular weight is 225 g/mol. The van der Waals surface area contributed by atoms with E-state index in [1.807, 2.05) is 0 Å². The average Bonchev–Trinajstić information content (AvgIpc) is 2.71. The molecule has 1 aromatic heterocycles. The number of pyridine rings is 1. The van der Waals surface area contributed by atoms with Crippen molar-refractivity contribution in [2.24, 2.45) is 0 Å². The third-order valence-corrected chi connectivity index (χ3v) is 3.42. The van der Waals surface area contributed by atoms with Gasteiger partial charge in [-0.2, -0.15) is 0 Å². The third-order valence-electron chi connectivity index (χ3n) is 2.17. The summed E-state index contributed by atoms with van der Waals surface area (Å²) in [6.45, 7) is 1.44. The molecule has 1 aliphatic rings. The molecule has 1 aromatic rings. The molecule has 0 amide bonds. The summed E-state index contributed by atoms with van der Waals surface area (Å²) in [6, 6.07) is 3.21. The molecule has 0 spiro atoms. The molecule has 1 N–H and O–H groups in total. The Hall–Kier alpha value is -1.07. The van der Waals surface area contributed by atoms with E-state index in [1.54, 1.807) is 18.3 Å². The Morgan fingerprint density at radius 3 is 3.20 bits per heavy atom. The number of carbonyl (C=O) groups is 1. The Bertz CT molecular complexity index is 363. The summed E-state index contributed by atoms with van der Waals surface area (Å²) in [5, 5.41) is 9.87. The number of hydrogen-bond donors (Lipinski definition) is 1. The van der Waals surface area contributed by atoms with Gasteiger partial charge in [-0.15, -0.1) is 0 Å². The number of hydrogen-bond acceptors (Lipinski definition) is 4. The van der Waals surface area contributed by atoms with E-state index >= 15 is 0 Å². The van der Waals surface area contributed by atoms with Crippen molar-refractivity contribution < 1.29 is 14.6 Å². The van der Waals surface area contributed by atoms with Crippen molar-refractivity contribution in [2.45, 2.75) is 16.7 Å². The van der Waals surface area contributed by atoms with Gasteiger partial charge in [-0.1, -0.05) is 11.8 Å². The predicted molar refractivity (Wildman–Crippen MR) is 56.3 cm³/mol. The Balaban J connectivity index is 2.15. The van der Waals surface area contributed by atoms with Gasteiger partial charge in [-0.3, -0.25) is 0 Å². The molecule has 0 saturated carbocycles. The quantitative estimate of drug-likeness (QED) is 0.847. The predicted octanol–water partition coefficient (Wildman–Crippen LogP) is 1.66. The fourth-order valence-electron chi connectivity index (χ4n) is 1.41. The van der Waals surface area contributed by atoms with Gasteiger partial charge in [0.25, 0.3) is 0 Å². The first-order valence-corrected chi connectivity index (χ1v) is 5.58. The van der Waals surface area contributed by atoms with Crippen LogP contribution < -0.4 is 0 Å². The molecular weight excluding hydrogens is 214 g/mol. The molecule has 0 bridgehead atoms. The summed E-state index contributed by atoms with van der Waals surface area (Å²) >= 11 is 1.49. The van der Waals surface area contributed by atoms with Gasteiger partial charge < -0.3 is 9.84 Å². The molecule has 1 fully saturated rings. The van der Waals surface area contributed by atoms with E-state index in [1.165, 1.54) is 11.8 Å². The van der Waals surface area contributed by atoms with E-state index in [9.17, 15) is 4.79 Å². The normalized spacial score (nSPS) is 20.4. The van der Waals surface area contributed by atoms with Crippen LogP contribution in [0.25, 0.3) is 0 Å². The van der Waals surface area contributed by atoms with E-state index in [2.05, 4.69) is 4.98 Å². The number of carboxylic acid groups (broad SMARTS) is 1. The van der Waals surface area contributed by atoms with Crippen molar-refractivity contribution in [1.29, 1.82) is 0 Å². The van der Waals surface area contributed by atoms with Crippen LogP contribution in [0.3, 0.4) is 0 Å².